The van der Waals surface area contributed by atoms with E-state index in [2.05, 4.69) is 5.10 Å². The third-order valence-electron chi connectivity index (χ3n) is 2.78. The Labute approximate surface area is 97.3 Å². The molecule has 3 aromatic rings. The second-order valence-electron chi connectivity index (χ2n) is 3.85. The molecule has 0 aliphatic carbocycles. The number of fused-ring (bicyclic) bond motifs is 1. The van der Waals surface area contributed by atoms with Crippen molar-refractivity contribution in [2.24, 2.45) is 0 Å². The van der Waals surface area contributed by atoms with Crippen molar-refractivity contribution < 1.29 is 0 Å². The van der Waals surface area contributed by atoms with E-state index >= 15 is 0 Å². The summed E-state index contributed by atoms with van der Waals surface area (Å²) in [6, 6.07) is 14.9. The number of para-hydroxylation sites is 3. The van der Waals surface area contributed by atoms with Gasteiger partial charge in [0, 0.05) is 0 Å². The standard InChI is InChI=1S/C13H11N3O/c14-10-6-2-4-8-12(10)16-11-7-3-1-5-9(11)13(17)15-16/h1-8H,14H2,(H,15,17). The van der Waals surface area contributed by atoms with Crippen LogP contribution in [-0.4, -0.2) is 9.78 Å². The van der Waals surface area contributed by atoms with Crippen LogP contribution in [0, 0.1) is 0 Å². The van der Waals surface area contributed by atoms with Crippen molar-refractivity contribution in [3.63, 3.8) is 0 Å². The van der Waals surface area contributed by atoms with Crippen molar-refractivity contribution in [1.29, 1.82) is 0 Å². The second-order valence-corrected chi connectivity index (χ2v) is 3.85. The molecule has 3 N–H and O–H groups in total. The Bertz CT molecular complexity index is 740. The first-order valence-electron chi connectivity index (χ1n) is 5.32. The summed E-state index contributed by atoms with van der Waals surface area (Å²) in [5, 5.41) is 3.45. The number of hydrogen-bond donors (Lipinski definition) is 2. The summed E-state index contributed by atoms with van der Waals surface area (Å²) in [4.78, 5) is 11.8. The van der Waals surface area contributed by atoms with Gasteiger partial charge < -0.3 is 5.73 Å². The number of anilines is 1. The maximum absolute atomic E-state index is 11.8. The van der Waals surface area contributed by atoms with Gasteiger partial charge in [-0.2, -0.15) is 0 Å². The molecule has 4 heteroatoms. The van der Waals surface area contributed by atoms with Crippen LogP contribution in [0.1, 0.15) is 0 Å². The molecule has 0 bridgehead atoms. The minimum atomic E-state index is -0.108. The van der Waals surface area contributed by atoms with E-state index in [1.54, 1.807) is 10.7 Å². The van der Waals surface area contributed by atoms with Crippen LogP contribution in [0.25, 0.3) is 16.6 Å². The summed E-state index contributed by atoms with van der Waals surface area (Å²) < 4.78 is 1.72. The predicted molar refractivity (Wildman–Crippen MR) is 68.3 cm³/mol. The first-order valence-corrected chi connectivity index (χ1v) is 5.32. The lowest BCUT2D eigenvalue weighted by molar-refractivity contribution is 0.893. The molecule has 4 nitrogen and oxygen atoms in total. The molecule has 0 fully saturated rings. The van der Waals surface area contributed by atoms with Gasteiger partial charge in [-0.25, -0.2) is 0 Å². The molecule has 0 saturated carbocycles. The van der Waals surface area contributed by atoms with E-state index in [1.165, 1.54) is 0 Å². The van der Waals surface area contributed by atoms with Crippen molar-refractivity contribution in [2.45, 2.75) is 0 Å². The number of rotatable bonds is 1. The SMILES string of the molecule is Nc1ccccc1-n1[nH]c(=O)c2ccccc21. The van der Waals surface area contributed by atoms with Gasteiger partial charge >= 0.3 is 0 Å². The van der Waals surface area contributed by atoms with Crippen LogP contribution in [0.3, 0.4) is 0 Å². The Kier molecular flexibility index (Phi) is 2.01. The van der Waals surface area contributed by atoms with Crippen molar-refractivity contribution >= 4 is 16.6 Å². The lowest BCUT2D eigenvalue weighted by Crippen LogP contribution is -2.05. The Morgan fingerprint density at radius 1 is 1.00 bits per heavy atom. The van der Waals surface area contributed by atoms with Gasteiger partial charge in [-0.3, -0.25) is 14.6 Å². The van der Waals surface area contributed by atoms with Crippen LogP contribution < -0.4 is 11.3 Å². The molecule has 17 heavy (non-hydrogen) atoms. The van der Waals surface area contributed by atoms with E-state index in [0.717, 1.165) is 11.2 Å². The minimum Gasteiger partial charge on any atom is -0.397 e. The van der Waals surface area contributed by atoms with E-state index in [9.17, 15) is 4.79 Å². The lowest BCUT2D eigenvalue weighted by Gasteiger charge is -2.07. The molecule has 0 spiro atoms. The third kappa shape index (κ3) is 1.42. The molecule has 1 heterocycles. The summed E-state index contributed by atoms with van der Waals surface area (Å²) in [6.07, 6.45) is 0. The zero-order valence-electron chi connectivity index (χ0n) is 9.05. The highest BCUT2D eigenvalue weighted by Gasteiger charge is 2.08. The molecule has 0 aliphatic rings. The van der Waals surface area contributed by atoms with Crippen molar-refractivity contribution in [2.75, 3.05) is 5.73 Å². The van der Waals surface area contributed by atoms with Crippen LogP contribution in [0.2, 0.25) is 0 Å². The van der Waals surface area contributed by atoms with Crippen LogP contribution in [-0.2, 0) is 0 Å². The second kappa shape index (κ2) is 3.52. The molecule has 0 atom stereocenters. The zero-order valence-corrected chi connectivity index (χ0v) is 9.05. The molecule has 0 aliphatic heterocycles. The fourth-order valence-electron chi connectivity index (χ4n) is 1.96. The van der Waals surface area contributed by atoms with Gasteiger partial charge in [-0.05, 0) is 24.3 Å². The number of nitrogens with two attached hydrogens (primary N) is 1. The van der Waals surface area contributed by atoms with Crippen LogP contribution >= 0.6 is 0 Å². The topological polar surface area (TPSA) is 63.8 Å². The highest BCUT2D eigenvalue weighted by molar-refractivity contribution is 5.81. The third-order valence-corrected chi connectivity index (χ3v) is 2.78. The Morgan fingerprint density at radius 2 is 1.71 bits per heavy atom. The van der Waals surface area contributed by atoms with E-state index < -0.39 is 0 Å². The molecular formula is C13H11N3O. The van der Waals surface area contributed by atoms with E-state index in [4.69, 9.17) is 5.73 Å². The molecule has 3 rings (SSSR count). The Balaban J connectivity index is 2.40. The van der Waals surface area contributed by atoms with Gasteiger partial charge in [0.1, 0.15) is 0 Å². The van der Waals surface area contributed by atoms with Crippen molar-refractivity contribution in [1.82, 2.24) is 9.78 Å². The van der Waals surface area contributed by atoms with Gasteiger partial charge in [0.05, 0.1) is 22.3 Å². The number of nitrogen functional groups attached to an aromatic ring is 1. The number of benzene rings is 2. The van der Waals surface area contributed by atoms with Crippen molar-refractivity contribution in [3.05, 3.63) is 58.9 Å². The summed E-state index contributed by atoms with van der Waals surface area (Å²) in [5.41, 5.74) is 8.04. The smallest absolute Gasteiger partial charge is 0.272 e. The fourth-order valence-corrected chi connectivity index (χ4v) is 1.96. The first-order chi connectivity index (χ1) is 8.27. The van der Waals surface area contributed by atoms with Crippen LogP contribution in [0.5, 0.6) is 0 Å². The first kappa shape index (κ1) is 9.72. The highest BCUT2D eigenvalue weighted by Crippen LogP contribution is 2.19. The van der Waals surface area contributed by atoms with E-state index in [1.807, 2.05) is 42.5 Å². The average Bonchev–Trinajstić information content (AvgIpc) is 2.68. The molecule has 0 radical (unpaired) electrons. The molecular weight excluding hydrogens is 214 g/mol. The van der Waals surface area contributed by atoms with Gasteiger partial charge in [-0.1, -0.05) is 24.3 Å². The van der Waals surface area contributed by atoms with Gasteiger partial charge in [0.15, 0.2) is 0 Å². The molecule has 0 saturated heterocycles. The monoisotopic (exact) mass is 225 g/mol. The van der Waals surface area contributed by atoms with Gasteiger partial charge in [0.25, 0.3) is 5.56 Å². The summed E-state index contributed by atoms with van der Waals surface area (Å²) in [5.74, 6) is 0. The van der Waals surface area contributed by atoms with Gasteiger partial charge in [-0.15, -0.1) is 0 Å². The minimum absolute atomic E-state index is 0.108. The summed E-state index contributed by atoms with van der Waals surface area (Å²) >= 11 is 0. The van der Waals surface area contributed by atoms with Crippen LogP contribution in [0.15, 0.2) is 53.3 Å². The average molecular weight is 225 g/mol. The number of aromatic nitrogens is 2. The maximum atomic E-state index is 11.8. The van der Waals surface area contributed by atoms with Crippen molar-refractivity contribution in [3.8, 4) is 5.69 Å². The number of aromatic amines is 1. The normalized spacial score (nSPS) is 10.8. The summed E-state index contributed by atoms with van der Waals surface area (Å²) in [6.45, 7) is 0. The van der Waals surface area contributed by atoms with E-state index in [0.29, 0.717) is 11.1 Å². The molecule has 0 unspecified atom stereocenters. The molecule has 84 valence electrons. The number of nitrogens with zero attached hydrogens (tertiary/aromatic N) is 1. The maximum Gasteiger partial charge on any atom is 0.272 e. The molecule has 2 aromatic carbocycles. The number of nitrogens with one attached hydrogen (secondary N) is 1. The highest BCUT2D eigenvalue weighted by atomic mass is 16.1. The zero-order chi connectivity index (χ0) is 11.8. The molecule has 0 amide bonds. The lowest BCUT2D eigenvalue weighted by atomic mass is 10.2. The predicted octanol–water partition coefficient (Wildman–Crippen LogP) is 1.90. The largest absolute Gasteiger partial charge is 0.397 e. The number of H-pyrrole nitrogens is 1. The summed E-state index contributed by atoms with van der Waals surface area (Å²) in [7, 11) is 0. The number of hydrogen-bond acceptors (Lipinski definition) is 2. The van der Waals surface area contributed by atoms with Crippen LogP contribution in [0.4, 0.5) is 5.69 Å². The Hall–Kier alpha value is -2.49. The van der Waals surface area contributed by atoms with Gasteiger partial charge in [0.2, 0.25) is 0 Å². The quantitative estimate of drug-likeness (QED) is 0.621. The fraction of sp³-hybridized carbons (Fsp3) is 0. The Morgan fingerprint density at radius 3 is 2.53 bits per heavy atom. The molecule has 1 aromatic heterocycles. The van der Waals surface area contributed by atoms with E-state index in [-0.39, 0.29) is 5.56 Å².